The minimum atomic E-state index is -0.116. The first-order valence-electron chi connectivity index (χ1n) is 7.48. The fourth-order valence-corrected chi connectivity index (χ4v) is 5.21. The third-order valence-electron chi connectivity index (χ3n) is 5.73. The van der Waals surface area contributed by atoms with Gasteiger partial charge in [-0.25, -0.2) is 4.90 Å². The Kier molecular flexibility index (Phi) is 2.23. The number of anilines is 1. The first-order valence-corrected chi connectivity index (χ1v) is 8.28. The zero-order chi connectivity index (χ0) is 14.3. The normalized spacial score (nSPS) is 42.2. The highest BCUT2D eigenvalue weighted by molar-refractivity contribution is 9.10. The fourth-order valence-electron chi connectivity index (χ4n) is 4.83. The first kappa shape index (κ1) is 12.2. The second kappa shape index (κ2) is 3.86. The molecule has 3 fully saturated rings. The lowest BCUT2D eigenvalue weighted by atomic mass is 9.63. The molecule has 0 unspecified atom stereocenters. The van der Waals surface area contributed by atoms with Crippen molar-refractivity contribution in [2.45, 2.75) is 6.42 Å². The summed E-state index contributed by atoms with van der Waals surface area (Å²) in [5.74, 6) is 1.67. The maximum absolute atomic E-state index is 12.9. The van der Waals surface area contributed by atoms with Gasteiger partial charge in [0.05, 0.1) is 17.5 Å². The van der Waals surface area contributed by atoms with E-state index in [1.54, 1.807) is 0 Å². The molecule has 21 heavy (non-hydrogen) atoms. The molecule has 4 aliphatic carbocycles. The molecule has 6 atom stereocenters. The predicted molar refractivity (Wildman–Crippen MR) is 81.3 cm³/mol. The van der Waals surface area contributed by atoms with Crippen LogP contribution in [0.3, 0.4) is 0 Å². The molecule has 0 radical (unpaired) electrons. The van der Waals surface area contributed by atoms with E-state index in [0.717, 1.165) is 4.47 Å². The van der Waals surface area contributed by atoms with Gasteiger partial charge in [0.1, 0.15) is 0 Å². The molecule has 2 bridgehead atoms. The lowest BCUT2D eigenvalue weighted by Gasteiger charge is -2.37. The smallest absolute Gasteiger partial charge is 0.238 e. The van der Waals surface area contributed by atoms with Gasteiger partial charge in [-0.15, -0.1) is 0 Å². The maximum atomic E-state index is 12.9. The average Bonchev–Trinajstić information content (AvgIpc) is 3.24. The van der Waals surface area contributed by atoms with Crippen LogP contribution >= 0.6 is 15.9 Å². The van der Waals surface area contributed by atoms with Crippen molar-refractivity contribution >= 4 is 33.4 Å². The Labute approximate surface area is 131 Å². The molecule has 3 nitrogen and oxygen atoms in total. The highest BCUT2D eigenvalue weighted by Crippen LogP contribution is 2.65. The van der Waals surface area contributed by atoms with Gasteiger partial charge >= 0.3 is 0 Å². The monoisotopic (exact) mass is 343 g/mol. The molecule has 0 spiro atoms. The van der Waals surface area contributed by atoms with Crippen molar-refractivity contribution in [1.82, 2.24) is 0 Å². The summed E-state index contributed by atoms with van der Waals surface area (Å²) in [7, 11) is 0. The molecule has 1 heterocycles. The molecule has 1 aliphatic heterocycles. The molecule has 106 valence electrons. The van der Waals surface area contributed by atoms with E-state index >= 15 is 0 Å². The van der Waals surface area contributed by atoms with Crippen LogP contribution in [0.25, 0.3) is 0 Å². The highest BCUT2D eigenvalue weighted by Gasteiger charge is 2.67. The summed E-state index contributed by atoms with van der Waals surface area (Å²) in [6, 6.07) is 7.46. The summed E-state index contributed by atoms with van der Waals surface area (Å²) in [5, 5.41) is 0. The van der Waals surface area contributed by atoms with E-state index in [0.29, 0.717) is 29.4 Å². The third-order valence-corrected chi connectivity index (χ3v) is 6.22. The number of imide groups is 1. The van der Waals surface area contributed by atoms with Crippen LogP contribution in [-0.2, 0) is 9.59 Å². The van der Waals surface area contributed by atoms with Crippen molar-refractivity contribution in [2.75, 3.05) is 4.90 Å². The lowest BCUT2D eigenvalue weighted by Crippen LogP contribution is -2.40. The van der Waals surface area contributed by atoms with Gasteiger partial charge in [0.25, 0.3) is 0 Å². The SMILES string of the molecule is O=C1[C@@H]2[C@H]3C=C[C@@H]([C@@H]4C[C@@H]34)[C@@H]2C(=O)N1c1cccc(Br)c1. The number of benzene rings is 1. The molecule has 5 aliphatic rings. The van der Waals surface area contributed by atoms with Crippen LogP contribution < -0.4 is 4.90 Å². The number of carbonyl (C=O) groups excluding carboxylic acids is 2. The molecule has 2 saturated carbocycles. The molecule has 4 heteroatoms. The number of hydrogen-bond acceptors (Lipinski definition) is 2. The van der Waals surface area contributed by atoms with E-state index in [-0.39, 0.29) is 23.7 Å². The van der Waals surface area contributed by atoms with E-state index in [4.69, 9.17) is 0 Å². The van der Waals surface area contributed by atoms with Gasteiger partial charge in [-0.2, -0.15) is 0 Å². The second-order valence-electron chi connectivity index (χ2n) is 6.65. The predicted octanol–water partition coefficient (Wildman–Crippen LogP) is 3.01. The number of halogens is 1. The van der Waals surface area contributed by atoms with Crippen LogP contribution in [0.1, 0.15) is 6.42 Å². The van der Waals surface area contributed by atoms with Gasteiger partial charge in [0.2, 0.25) is 11.8 Å². The Hall–Kier alpha value is -1.42. The van der Waals surface area contributed by atoms with Crippen LogP contribution in [0.5, 0.6) is 0 Å². The van der Waals surface area contributed by atoms with Crippen molar-refractivity contribution in [3.63, 3.8) is 0 Å². The number of allylic oxidation sites excluding steroid dienone is 2. The Bertz CT molecular complexity index is 676. The summed E-state index contributed by atoms with van der Waals surface area (Å²) in [5.41, 5.74) is 0.696. The molecular weight excluding hydrogens is 330 g/mol. The van der Waals surface area contributed by atoms with Gasteiger partial charge in [0, 0.05) is 4.47 Å². The zero-order valence-electron chi connectivity index (χ0n) is 11.3. The lowest BCUT2D eigenvalue weighted by molar-refractivity contribution is -0.124. The zero-order valence-corrected chi connectivity index (χ0v) is 12.9. The van der Waals surface area contributed by atoms with Crippen molar-refractivity contribution in [3.8, 4) is 0 Å². The molecule has 0 aromatic heterocycles. The summed E-state index contributed by atoms with van der Waals surface area (Å²) < 4.78 is 0.888. The molecule has 1 aromatic carbocycles. The summed E-state index contributed by atoms with van der Waals surface area (Å²) >= 11 is 3.42. The maximum Gasteiger partial charge on any atom is 0.238 e. The van der Waals surface area contributed by atoms with Crippen LogP contribution in [0.15, 0.2) is 40.9 Å². The van der Waals surface area contributed by atoms with Gasteiger partial charge in [0.15, 0.2) is 0 Å². The van der Waals surface area contributed by atoms with Gasteiger partial charge in [-0.3, -0.25) is 9.59 Å². The molecule has 2 amide bonds. The van der Waals surface area contributed by atoms with Crippen molar-refractivity contribution < 1.29 is 9.59 Å². The number of carbonyl (C=O) groups is 2. The first-order chi connectivity index (χ1) is 10.2. The molecule has 1 aromatic rings. The highest BCUT2D eigenvalue weighted by atomic mass is 79.9. The molecule has 6 rings (SSSR count). The Morgan fingerprint density at radius 2 is 1.62 bits per heavy atom. The van der Waals surface area contributed by atoms with Crippen LogP contribution in [0.2, 0.25) is 0 Å². The third kappa shape index (κ3) is 1.44. The number of rotatable bonds is 1. The fraction of sp³-hybridized carbons (Fsp3) is 0.412. The number of hydrogen-bond donors (Lipinski definition) is 0. The quantitative estimate of drug-likeness (QED) is 0.580. The largest absolute Gasteiger partial charge is 0.274 e. The van der Waals surface area contributed by atoms with Crippen molar-refractivity contribution in [2.24, 2.45) is 35.5 Å². The molecular formula is C17H14BrNO2. The Morgan fingerprint density at radius 3 is 2.19 bits per heavy atom. The van der Waals surface area contributed by atoms with Gasteiger partial charge < -0.3 is 0 Å². The second-order valence-corrected chi connectivity index (χ2v) is 7.56. The van der Waals surface area contributed by atoms with Crippen LogP contribution in [-0.4, -0.2) is 11.8 Å². The molecule has 1 saturated heterocycles. The minimum absolute atomic E-state index is 0.00722. The molecule has 0 N–H and O–H groups in total. The van der Waals surface area contributed by atoms with Gasteiger partial charge in [-0.1, -0.05) is 34.1 Å². The van der Waals surface area contributed by atoms with E-state index < -0.39 is 0 Å². The van der Waals surface area contributed by atoms with E-state index in [9.17, 15) is 9.59 Å². The van der Waals surface area contributed by atoms with Crippen molar-refractivity contribution in [1.29, 1.82) is 0 Å². The topological polar surface area (TPSA) is 37.4 Å². The number of amides is 2. The number of nitrogens with zero attached hydrogens (tertiary/aromatic N) is 1. The average molecular weight is 344 g/mol. The van der Waals surface area contributed by atoms with E-state index in [1.165, 1.54) is 11.3 Å². The Morgan fingerprint density at radius 1 is 1.00 bits per heavy atom. The summed E-state index contributed by atoms with van der Waals surface area (Å²) in [4.78, 5) is 27.2. The standard InChI is InChI=1S/C17H14BrNO2/c18-8-2-1-3-9(6-8)19-16(20)14-10-4-5-11(13-7-12(10)13)15(14)17(19)21/h1-6,10-15H,7H2/t10-,11-,12-,13-,14-,15+/m0/s1. The van der Waals surface area contributed by atoms with E-state index in [2.05, 4.69) is 28.1 Å². The summed E-state index contributed by atoms with van der Waals surface area (Å²) in [6.07, 6.45) is 5.61. The van der Waals surface area contributed by atoms with Gasteiger partial charge in [-0.05, 0) is 48.3 Å². The van der Waals surface area contributed by atoms with Crippen molar-refractivity contribution in [3.05, 3.63) is 40.9 Å². The Balaban J connectivity index is 1.60. The summed E-state index contributed by atoms with van der Waals surface area (Å²) in [6.45, 7) is 0. The minimum Gasteiger partial charge on any atom is -0.274 e. The van der Waals surface area contributed by atoms with Crippen LogP contribution in [0, 0.1) is 35.5 Å². The van der Waals surface area contributed by atoms with E-state index in [1.807, 2.05) is 24.3 Å². The van der Waals surface area contributed by atoms with Crippen LogP contribution in [0.4, 0.5) is 5.69 Å².